The number of hydrogen-bond donors (Lipinski definition) is 1. The number of sulfonamides is 1. The Bertz CT molecular complexity index is 971. The van der Waals surface area contributed by atoms with Crippen molar-refractivity contribution in [3.63, 3.8) is 0 Å². The average molecular weight is 425 g/mol. The molecule has 6 nitrogen and oxygen atoms in total. The van der Waals surface area contributed by atoms with E-state index >= 15 is 0 Å². The molecule has 1 aromatic carbocycles. The summed E-state index contributed by atoms with van der Waals surface area (Å²) in [5.41, 5.74) is 1.58. The van der Waals surface area contributed by atoms with Crippen LogP contribution in [-0.2, 0) is 10.0 Å². The first-order valence-corrected chi connectivity index (χ1v) is 9.95. The van der Waals surface area contributed by atoms with Crippen molar-refractivity contribution in [3.8, 4) is 10.6 Å². The summed E-state index contributed by atoms with van der Waals surface area (Å²) in [6.07, 6.45) is 1.69. The molecule has 0 saturated carbocycles. The van der Waals surface area contributed by atoms with Gasteiger partial charge in [0, 0.05) is 18.9 Å². The van der Waals surface area contributed by atoms with Gasteiger partial charge < -0.3 is 4.90 Å². The lowest BCUT2D eigenvalue weighted by Crippen LogP contribution is -2.15. The predicted octanol–water partition coefficient (Wildman–Crippen LogP) is 3.38. The van der Waals surface area contributed by atoms with Gasteiger partial charge in [-0.05, 0) is 58.4 Å². The minimum atomic E-state index is -3.70. The van der Waals surface area contributed by atoms with Crippen molar-refractivity contribution < 1.29 is 8.42 Å². The zero-order valence-corrected chi connectivity index (χ0v) is 15.8. The molecule has 3 rings (SSSR count). The number of hydrogen-bond acceptors (Lipinski definition) is 6. The van der Waals surface area contributed by atoms with E-state index in [0.29, 0.717) is 5.95 Å². The highest BCUT2D eigenvalue weighted by Gasteiger charge is 2.12. The number of halogens is 1. The van der Waals surface area contributed by atoms with Gasteiger partial charge in [-0.1, -0.05) is 0 Å². The van der Waals surface area contributed by atoms with Gasteiger partial charge >= 0.3 is 0 Å². The number of primary sulfonamides is 1. The predicted molar refractivity (Wildman–Crippen MR) is 98.9 cm³/mol. The summed E-state index contributed by atoms with van der Waals surface area (Å²) in [6.45, 7) is 0. The molecule has 0 aliphatic rings. The highest BCUT2D eigenvalue weighted by Crippen LogP contribution is 2.31. The zero-order chi connectivity index (χ0) is 17.3. The van der Waals surface area contributed by atoms with E-state index in [4.69, 9.17) is 5.14 Å². The summed E-state index contributed by atoms with van der Waals surface area (Å²) >= 11 is 5.03. The molecule has 9 heteroatoms. The quantitative estimate of drug-likeness (QED) is 0.692. The van der Waals surface area contributed by atoms with Crippen LogP contribution in [0.4, 0.5) is 11.6 Å². The number of rotatable bonds is 4. The van der Waals surface area contributed by atoms with Crippen LogP contribution in [0.3, 0.4) is 0 Å². The van der Waals surface area contributed by atoms with Gasteiger partial charge in [-0.25, -0.2) is 23.5 Å². The first-order valence-electron chi connectivity index (χ1n) is 6.80. The van der Waals surface area contributed by atoms with E-state index in [1.807, 2.05) is 25.2 Å². The number of aromatic nitrogens is 2. The summed E-state index contributed by atoms with van der Waals surface area (Å²) in [5.74, 6) is 0.514. The first kappa shape index (κ1) is 17.0. The number of nitrogens with two attached hydrogens (primary N) is 1. The standard InChI is InChI=1S/C15H13BrN4O2S2/c1-20(10-2-4-11(5-3-10)24(17,21)22)15-18-9-8-12(19-15)13-6-7-14(16)23-13/h2-9H,1H3,(H2,17,21,22). The SMILES string of the molecule is CN(c1ccc(S(N)(=O)=O)cc1)c1nccc(-c2ccc(Br)s2)n1. The molecule has 0 aliphatic carbocycles. The summed E-state index contributed by atoms with van der Waals surface area (Å²) in [6, 6.07) is 12.1. The largest absolute Gasteiger partial charge is 0.314 e. The molecule has 124 valence electrons. The van der Waals surface area contributed by atoms with Crippen LogP contribution in [0.15, 0.2) is 57.3 Å². The van der Waals surface area contributed by atoms with Crippen LogP contribution >= 0.6 is 27.3 Å². The molecule has 0 saturated heterocycles. The lowest BCUT2D eigenvalue weighted by Gasteiger charge is -2.17. The van der Waals surface area contributed by atoms with Crippen LogP contribution in [0.25, 0.3) is 10.6 Å². The van der Waals surface area contributed by atoms with E-state index in [1.165, 1.54) is 12.1 Å². The monoisotopic (exact) mass is 424 g/mol. The normalized spacial score (nSPS) is 11.5. The van der Waals surface area contributed by atoms with Gasteiger partial charge in [0.1, 0.15) is 0 Å². The molecular weight excluding hydrogens is 412 g/mol. The third-order valence-electron chi connectivity index (χ3n) is 3.32. The molecule has 0 spiro atoms. The van der Waals surface area contributed by atoms with Crippen LogP contribution in [0.5, 0.6) is 0 Å². The molecule has 0 atom stereocenters. The van der Waals surface area contributed by atoms with E-state index in [9.17, 15) is 8.42 Å². The highest BCUT2D eigenvalue weighted by molar-refractivity contribution is 9.11. The number of benzene rings is 1. The molecule has 0 aliphatic heterocycles. The van der Waals surface area contributed by atoms with Crippen LogP contribution < -0.4 is 10.0 Å². The smallest absolute Gasteiger partial charge is 0.238 e. The molecule has 3 aromatic rings. The number of nitrogens with zero attached hydrogens (tertiary/aromatic N) is 3. The van der Waals surface area contributed by atoms with Gasteiger partial charge in [-0.15, -0.1) is 11.3 Å². The molecule has 24 heavy (non-hydrogen) atoms. The zero-order valence-electron chi connectivity index (χ0n) is 12.5. The second kappa shape index (κ2) is 6.60. The minimum Gasteiger partial charge on any atom is -0.314 e. The Morgan fingerprint density at radius 1 is 1.12 bits per heavy atom. The van der Waals surface area contributed by atoms with Crippen molar-refractivity contribution in [1.82, 2.24) is 9.97 Å². The third-order valence-corrected chi connectivity index (χ3v) is 5.90. The fourth-order valence-electron chi connectivity index (χ4n) is 2.07. The van der Waals surface area contributed by atoms with Crippen molar-refractivity contribution in [2.75, 3.05) is 11.9 Å². The van der Waals surface area contributed by atoms with Crippen LogP contribution in [0.1, 0.15) is 0 Å². The van der Waals surface area contributed by atoms with E-state index < -0.39 is 10.0 Å². The Kier molecular flexibility index (Phi) is 4.68. The average Bonchev–Trinajstić information content (AvgIpc) is 3.00. The highest BCUT2D eigenvalue weighted by atomic mass is 79.9. The summed E-state index contributed by atoms with van der Waals surface area (Å²) in [5, 5.41) is 5.11. The Balaban J connectivity index is 1.91. The molecular formula is C15H13BrN4O2S2. The van der Waals surface area contributed by atoms with Crippen molar-refractivity contribution >= 4 is 48.9 Å². The van der Waals surface area contributed by atoms with E-state index in [-0.39, 0.29) is 4.90 Å². The Hall–Kier alpha value is -1.81. The van der Waals surface area contributed by atoms with Crippen LogP contribution in [-0.4, -0.2) is 25.4 Å². The maximum Gasteiger partial charge on any atom is 0.238 e. The fourth-order valence-corrected chi connectivity index (χ4v) is 3.95. The van der Waals surface area contributed by atoms with Crippen molar-refractivity contribution in [2.45, 2.75) is 4.90 Å². The van der Waals surface area contributed by atoms with Gasteiger partial charge in [0.15, 0.2) is 0 Å². The van der Waals surface area contributed by atoms with Crippen LogP contribution in [0, 0.1) is 0 Å². The minimum absolute atomic E-state index is 0.0674. The van der Waals surface area contributed by atoms with E-state index in [0.717, 1.165) is 20.0 Å². The Morgan fingerprint density at radius 3 is 2.42 bits per heavy atom. The summed E-state index contributed by atoms with van der Waals surface area (Å²) < 4.78 is 23.7. The molecule has 0 amide bonds. The second-order valence-electron chi connectivity index (χ2n) is 4.94. The van der Waals surface area contributed by atoms with Gasteiger partial charge in [0.05, 0.1) is 19.3 Å². The lowest BCUT2D eigenvalue weighted by molar-refractivity contribution is 0.598. The topological polar surface area (TPSA) is 89.2 Å². The van der Waals surface area contributed by atoms with Crippen molar-refractivity contribution in [1.29, 1.82) is 0 Å². The maximum absolute atomic E-state index is 11.3. The molecule has 0 bridgehead atoms. The van der Waals surface area contributed by atoms with Gasteiger partial charge in [0.25, 0.3) is 0 Å². The third kappa shape index (κ3) is 3.64. The van der Waals surface area contributed by atoms with Gasteiger partial charge in [-0.3, -0.25) is 0 Å². The Labute approximate surface area is 152 Å². The van der Waals surface area contributed by atoms with E-state index in [2.05, 4.69) is 25.9 Å². The van der Waals surface area contributed by atoms with Gasteiger partial charge in [0.2, 0.25) is 16.0 Å². The first-order chi connectivity index (χ1) is 11.3. The molecule has 0 radical (unpaired) electrons. The Morgan fingerprint density at radius 2 is 1.83 bits per heavy atom. The molecule has 2 N–H and O–H groups in total. The summed E-state index contributed by atoms with van der Waals surface area (Å²) in [7, 11) is -1.89. The van der Waals surface area contributed by atoms with E-state index in [1.54, 1.807) is 34.6 Å². The molecule has 0 unspecified atom stereocenters. The molecule has 2 heterocycles. The lowest BCUT2D eigenvalue weighted by atomic mass is 10.3. The van der Waals surface area contributed by atoms with Crippen LogP contribution in [0.2, 0.25) is 0 Å². The second-order valence-corrected chi connectivity index (χ2v) is 8.97. The number of anilines is 2. The molecule has 2 aromatic heterocycles. The fraction of sp³-hybridized carbons (Fsp3) is 0.0667. The summed E-state index contributed by atoms with van der Waals surface area (Å²) in [4.78, 5) is 11.7. The maximum atomic E-state index is 11.3. The van der Waals surface area contributed by atoms with Gasteiger partial charge in [-0.2, -0.15) is 0 Å². The van der Waals surface area contributed by atoms with Crippen molar-refractivity contribution in [3.05, 3.63) is 52.4 Å². The van der Waals surface area contributed by atoms with Crippen molar-refractivity contribution in [2.24, 2.45) is 5.14 Å². The molecule has 0 fully saturated rings. The number of thiophene rings is 1.